The number of nitrogens with one attached hydrogen (secondary N) is 1. The molecule has 0 spiro atoms. The van der Waals surface area contributed by atoms with Crippen molar-refractivity contribution < 1.29 is 9.59 Å². The molecule has 17 heavy (non-hydrogen) atoms. The zero-order chi connectivity index (χ0) is 12.4. The molecule has 1 saturated heterocycles. The number of rotatable bonds is 3. The maximum absolute atomic E-state index is 11.6. The maximum Gasteiger partial charge on any atom is 0.324 e. The Hall–Kier alpha value is -0.880. The number of halogens is 1. The van der Waals surface area contributed by atoms with E-state index in [0.29, 0.717) is 13.1 Å². The number of carbonyl (C=O) groups is 2. The smallest absolute Gasteiger partial charge is 0.323 e. The molecular weight excluding hydrogens is 304 g/mol. The Balaban J connectivity index is 1.90. The first-order valence-corrected chi connectivity index (χ1v) is 7.01. The molecule has 1 aliphatic rings. The van der Waals surface area contributed by atoms with Crippen LogP contribution in [0.4, 0.5) is 4.79 Å². The molecule has 4 nitrogen and oxygen atoms in total. The van der Waals surface area contributed by atoms with Gasteiger partial charge in [0.1, 0.15) is 0 Å². The molecule has 1 aromatic heterocycles. The third kappa shape index (κ3) is 3.07. The predicted molar refractivity (Wildman–Crippen MR) is 70.0 cm³/mol. The molecule has 1 unspecified atom stereocenters. The fourth-order valence-electron chi connectivity index (χ4n) is 1.73. The van der Waals surface area contributed by atoms with Gasteiger partial charge in [-0.25, -0.2) is 4.79 Å². The van der Waals surface area contributed by atoms with Gasteiger partial charge < -0.3 is 4.90 Å². The van der Waals surface area contributed by atoms with Gasteiger partial charge in [0.2, 0.25) is 5.91 Å². The minimum absolute atomic E-state index is 0.122. The normalized spacial score (nSPS) is 20.6. The lowest BCUT2D eigenvalue weighted by atomic mass is 10.1. The third-order valence-electron chi connectivity index (χ3n) is 2.72. The van der Waals surface area contributed by atoms with Crippen LogP contribution >= 0.6 is 27.3 Å². The average Bonchev–Trinajstić information content (AvgIpc) is 2.68. The number of hydrogen-bond acceptors (Lipinski definition) is 3. The van der Waals surface area contributed by atoms with Gasteiger partial charge in [-0.05, 0) is 34.5 Å². The number of amides is 3. The minimum Gasteiger partial charge on any atom is -0.323 e. The average molecular weight is 317 g/mol. The molecular formula is C11H13BrN2O2S. The summed E-state index contributed by atoms with van der Waals surface area (Å²) in [6, 6.07) is 3.77. The molecule has 2 rings (SSSR count). The monoisotopic (exact) mass is 316 g/mol. The lowest BCUT2D eigenvalue weighted by Crippen LogP contribution is -2.54. The van der Waals surface area contributed by atoms with Crippen LogP contribution in [0.5, 0.6) is 0 Å². The molecule has 0 saturated carbocycles. The van der Waals surface area contributed by atoms with Crippen molar-refractivity contribution in [1.82, 2.24) is 10.2 Å². The number of urea groups is 1. The first kappa shape index (κ1) is 12.6. The van der Waals surface area contributed by atoms with E-state index in [-0.39, 0.29) is 17.9 Å². The van der Waals surface area contributed by atoms with E-state index >= 15 is 0 Å². The fraction of sp³-hybridized carbons (Fsp3) is 0.455. The quantitative estimate of drug-likeness (QED) is 0.929. The summed E-state index contributed by atoms with van der Waals surface area (Å²) < 4.78 is 1.10. The van der Waals surface area contributed by atoms with Crippen molar-refractivity contribution in [1.29, 1.82) is 0 Å². The molecule has 1 atom stereocenters. The number of thiophene rings is 1. The zero-order valence-corrected chi connectivity index (χ0v) is 11.8. The molecule has 2 heterocycles. The van der Waals surface area contributed by atoms with E-state index < -0.39 is 0 Å². The van der Waals surface area contributed by atoms with Crippen LogP contribution in [0.3, 0.4) is 0 Å². The van der Waals surface area contributed by atoms with Gasteiger partial charge in [0.05, 0.1) is 9.70 Å². The highest BCUT2D eigenvalue weighted by molar-refractivity contribution is 9.11. The van der Waals surface area contributed by atoms with E-state index in [0.717, 1.165) is 10.2 Å². The van der Waals surface area contributed by atoms with Gasteiger partial charge in [-0.3, -0.25) is 10.1 Å². The van der Waals surface area contributed by atoms with Crippen molar-refractivity contribution in [2.24, 2.45) is 5.92 Å². The van der Waals surface area contributed by atoms with Crippen LogP contribution in [0.15, 0.2) is 15.9 Å². The van der Waals surface area contributed by atoms with E-state index in [1.165, 1.54) is 4.88 Å². The number of carbonyl (C=O) groups excluding carboxylic acids is 2. The van der Waals surface area contributed by atoms with Crippen molar-refractivity contribution in [3.63, 3.8) is 0 Å². The molecule has 0 aromatic carbocycles. The Morgan fingerprint density at radius 2 is 2.29 bits per heavy atom. The second-order valence-corrected chi connectivity index (χ2v) is 6.64. The Kier molecular flexibility index (Phi) is 3.83. The molecule has 0 radical (unpaired) electrons. The SMILES string of the molecule is CC1CN(CCc2ccc(Br)s2)C(=O)NC1=O. The number of nitrogens with zero attached hydrogens (tertiary/aromatic N) is 1. The predicted octanol–water partition coefficient (Wildman–Crippen LogP) is 2.24. The summed E-state index contributed by atoms with van der Waals surface area (Å²) >= 11 is 5.08. The van der Waals surface area contributed by atoms with Gasteiger partial charge in [0, 0.05) is 18.0 Å². The van der Waals surface area contributed by atoms with E-state index in [2.05, 4.69) is 21.2 Å². The minimum atomic E-state index is -0.274. The highest BCUT2D eigenvalue weighted by atomic mass is 79.9. The summed E-state index contributed by atoms with van der Waals surface area (Å²) in [5.74, 6) is -0.298. The van der Waals surface area contributed by atoms with Gasteiger partial charge in [-0.2, -0.15) is 0 Å². The van der Waals surface area contributed by atoms with Crippen LogP contribution < -0.4 is 5.32 Å². The van der Waals surface area contributed by atoms with Gasteiger partial charge in [0.15, 0.2) is 0 Å². The van der Waals surface area contributed by atoms with E-state index in [4.69, 9.17) is 0 Å². The molecule has 0 bridgehead atoms. The van der Waals surface area contributed by atoms with Gasteiger partial charge in [-0.15, -0.1) is 11.3 Å². The first-order chi connectivity index (χ1) is 8.06. The van der Waals surface area contributed by atoms with Crippen LogP contribution in [0.2, 0.25) is 0 Å². The first-order valence-electron chi connectivity index (χ1n) is 5.40. The number of hydrogen-bond donors (Lipinski definition) is 1. The molecule has 3 amide bonds. The van der Waals surface area contributed by atoms with Crippen molar-refractivity contribution in [2.45, 2.75) is 13.3 Å². The van der Waals surface area contributed by atoms with Crippen LogP contribution in [0.25, 0.3) is 0 Å². The van der Waals surface area contributed by atoms with E-state index in [9.17, 15) is 9.59 Å². The largest absolute Gasteiger partial charge is 0.324 e. The molecule has 1 aromatic rings. The Labute approximate surface area is 112 Å². The molecule has 1 N–H and O–H groups in total. The standard InChI is InChI=1S/C11H13BrN2O2S/c1-7-6-14(11(16)13-10(7)15)5-4-8-2-3-9(12)17-8/h2-3,7H,4-6H2,1H3,(H,13,15,16). The van der Waals surface area contributed by atoms with Crippen LogP contribution in [-0.4, -0.2) is 29.9 Å². The summed E-state index contributed by atoms with van der Waals surface area (Å²) in [5.41, 5.74) is 0. The summed E-state index contributed by atoms with van der Waals surface area (Å²) in [6.07, 6.45) is 0.824. The summed E-state index contributed by atoms with van der Waals surface area (Å²) in [7, 11) is 0. The zero-order valence-electron chi connectivity index (χ0n) is 9.40. The summed E-state index contributed by atoms with van der Waals surface area (Å²) in [5, 5.41) is 2.36. The molecule has 1 fully saturated rings. The Morgan fingerprint density at radius 1 is 1.53 bits per heavy atom. The molecule has 0 aliphatic carbocycles. The third-order valence-corrected chi connectivity index (χ3v) is 4.40. The number of imide groups is 1. The van der Waals surface area contributed by atoms with Crippen molar-refractivity contribution in [2.75, 3.05) is 13.1 Å². The Morgan fingerprint density at radius 3 is 2.94 bits per heavy atom. The molecule has 1 aliphatic heterocycles. The highest BCUT2D eigenvalue weighted by Gasteiger charge is 2.28. The summed E-state index contributed by atoms with van der Waals surface area (Å²) in [6.45, 7) is 2.99. The Bertz CT molecular complexity index is 446. The topological polar surface area (TPSA) is 49.4 Å². The highest BCUT2D eigenvalue weighted by Crippen LogP contribution is 2.22. The van der Waals surface area contributed by atoms with E-state index in [1.54, 1.807) is 16.2 Å². The van der Waals surface area contributed by atoms with Crippen LogP contribution in [-0.2, 0) is 11.2 Å². The second kappa shape index (κ2) is 5.18. The van der Waals surface area contributed by atoms with Crippen molar-refractivity contribution in [3.8, 4) is 0 Å². The lowest BCUT2D eigenvalue weighted by Gasteiger charge is -2.30. The second-order valence-electron chi connectivity index (χ2n) is 4.10. The van der Waals surface area contributed by atoms with Gasteiger partial charge >= 0.3 is 6.03 Å². The van der Waals surface area contributed by atoms with Crippen LogP contribution in [0, 0.1) is 5.92 Å². The molecule has 6 heteroatoms. The van der Waals surface area contributed by atoms with Crippen LogP contribution in [0.1, 0.15) is 11.8 Å². The lowest BCUT2D eigenvalue weighted by molar-refractivity contribution is -0.125. The van der Waals surface area contributed by atoms with Crippen molar-refractivity contribution >= 4 is 39.2 Å². The van der Waals surface area contributed by atoms with E-state index in [1.807, 2.05) is 19.1 Å². The summed E-state index contributed by atoms with van der Waals surface area (Å²) in [4.78, 5) is 25.8. The van der Waals surface area contributed by atoms with Gasteiger partial charge in [0.25, 0.3) is 0 Å². The maximum atomic E-state index is 11.6. The fourth-order valence-corrected chi connectivity index (χ4v) is 3.20. The molecule has 92 valence electrons. The van der Waals surface area contributed by atoms with Gasteiger partial charge in [-0.1, -0.05) is 6.92 Å². The van der Waals surface area contributed by atoms with Crippen molar-refractivity contribution in [3.05, 3.63) is 20.8 Å².